The third-order valence-electron chi connectivity index (χ3n) is 4.95. The summed E-state index contributed by atoms with van der Waals surface area (Å²) in [5, 5.41) is 18.4. The van der Waals surface area contributed by atoms with Crippen molar-refractivity contribution in [2.75, 3.05) is 0 Å². The van der Waals surface area contributed by atoms with Crippen molar-refractivity contribution in [3.8, 4) is 0 Å². The minimum Gasteiger partial charge on any atom is -0.352 e. The Labute approximate surface area is 162 Å². The molecule has 2 aromatic rings. The van der Waals surface area contributed by atoms with Crippen LogP contribution in [0, 0.1) is 10.1 Å². The summed E-state index contributed by atoms with van der Waals surface area (Å²) in [6.07, 6.45) is 4.98. The van der Waals surface area contributed by atoms with E-state index in [9.17, 15) is 10.1 Å². The Morgan fingerprint density at radius 1 is 1.11 bits per heavy atom. The number of hydrogen-bond acceptors (Lipinski definition) is 3. The van der Waals surface area contributed by atoms with E-state index in [2.05, 4.69) is 22.8 Å². The Morgan fingerprint density at radius 3 is 2.70 bits per heavy atom. The van der Waals surface area contributed by atoms with Gasteiger partial charge in [-0.1, -0.05) is 42.5 Å². The van der Waals surface area contributed by atoms with Crippen LogP contribution in [0.1, 0.15) is 36.4 Å². The van der Waals surface area contributed by atoms with Gasteiger partial charge in [0.1, 0.15) is 0 Å². The smallest absolute Gasteiger partial charge is 0.270 e. The molecule has 0 fully saturated rings. The number of benzene rings is 2. The molecule has 2 aromatic carbocycles. The van der Waals surface area contributed by atoms with E-state index < -0.39 is 0 Å². The zero-order valence-electron chi connectivity index (χ0n) is 14.6. The molecule has 1 atom stereocenters. The molecule has 4 rings (SSSR count). The predicted molar refractivity (Wildman–Crippen MR) is 110 cm³/mol. The molecule has 6 heteroatoms. The van der Waals surface area contributed by atoms with Crippen molar-refractivity contribution in [1.29, 1.82) is 0 Å². The van der Waals surface area contributed by atoms with Gasteiger partial charge in [0.25, 0.3) is 5.69 Å². The van der Waals surface area contributed by atoms with E-state index in [1.165, 1.54) is 17.2 Å². The van der Waals surface area contributed by atoms with Crippen LogP contribution in [-0.4, -0.2) is 10.0 Å². The summed E-state index contributed by atoms with van der Waals surface area (Å²) in [6.45, 7) is 0. The molecule has 5 nitrogen and oxygen atoms in total. The van der Waals surface area contributed by atoms with E-state index in [-0.39, 0.29) is 16.7 Å². The number of nitrogens with zero attached hydrogens (tertiary/aromatic N) is 1. The number of thiocarbonyl (C=S) groups is 1. The van der Waals surface area contributed by atoms with E-state index in [4.69, 9.17) is 12.2 Å². The van der Waals surface area contributed by atoms with E-state index in [1.54, 1.807) is 12.1 Å². The molecule has 2 N–H and O–H groups in total. The molecular formula is C21H19N3O2S. The van der Waals surface area contributed by atoms with Gasteiger partial charge in [0.05, 0.1) is 11.0 Å². The molecule has 0 bridgehead atoms. The number of non-ortho nitro benzene ring substituents is 1. The van der Waals surface area contributed by atoms with Crippen molar-refractivity contribution >= 4 is 29.1 Å². The third kappa shape index (κ3) is 3.61. The second-order valence-electron chi connectivity index (χ2n) is 6.72. The van der Waals surface area contributed by atoms with Crippen LogP contribution in [0.4, 0.5) is 5.69 Å². The summed E-state index contributed by atoms with van der Waals surface area (Å²) in [7, 11) is 0. The van der Waals surface area contributed by atoms with E-state index >= 15 is 0 Å². The molecule has 2 aliphatic rings. The lowest BCUT2D eigenvalue weighted by Crippen LogP contribution is -2.45. The van der Waals surface area contributed by atoms with Gasteiger partial charge in [0.15, 0.2) is 5.11 Å². The Morgan fingerprint density at radius 2 is 1.93 bits per heavy atom. The highest BCUT2D eigenvalue weighted by atomic mass is 32.1. The van der Waals surface area contributed by atoms with Crippen LogP contribution in [0.3, 0.4) is 0 Å². The lowest BCUT2D eigenvalue weighted by molar-refractivity contribution is -0.384. The van der Waals surface area contributed by atoms with Crippen LogP contribution in [-0.2, 0) is 0 Å². The van der Waals surface area contributed by atoms with Crippen LogP contribution >= 0.6 is 12.2 Å². The van der Waals surface area contributed by atoms with Gasteiger partial charge < -0.3 is 10.6 Å². The monoisotopic (exact) mass is 377 g/mol. The highest BCUT2D eigenvalue weighted by Crippen LogP contribution is 2.38. The van der Waals surface area contributed by atoms with Crippen molar-refractivity contribution in [1.82, 2.24) is 10.6 Å². The summed E-state index contributed by atoms with van der Waals surface area (Å²) in [4.78, 5) is 10.7. The maximum absolute atomic E-state index is 11.1. The first-order valence-electron chi connectivity index (χ1n) is 8.93. The number of rotatable bonds is 3. The van der Waals surface area contributed by atoms with E-state index in [0.717, 1.165) is 36.1 Å². The summed E-state index contributed by atoms with van der Waals surface area (Å²) in [5.41, 5.74) is 5.61. The SMILES string of the molecule is O=[N+]([O-])c1cccc(/C=C2\CCCC3=C2NC(=S)N[C@@H]3c2ccccc2)c1. The van der Waals surface area contributed by atoms with Gasteiger partial charge in [-0.3, -0.25) is 10.1 Å². The van der Waals surface area contributed by atoms with Crippen LogP contribution in [0.5, 0.6) is 0 Å². The highest BCUT2D eigenvalue weighted by molar-refractivity contribution is 7.80. The largest absolute Gasteiger partial charge is 0.352 e. The minimum absolute atomic E-state index is 0.0590. The highest BCUT2D eigenvalue weighted by Gasteiger charge is 2.30. The standard InChI is InChI=1S/C21H19N3O2S/c25-24(26)17-10-4-6-14(13-17)12-16-9-5-11-18-19(15-7-2-1-3-8-15)22-21(27)23-20(16)18/h1-4,6-8,10,12-13,19H,5,9,11H2,(H2,22,23,27)/b16-12+/t19-/m1/s1. The Balaban J connectivity index is 1.76. The molecule has 0 saturated heterocycles. The summed E-state index contributed by atoms with van der Waals surface area (Å²) in [5.74, 6) is 0. The average molecular weight is 377 g/mol. The van der Waals surface area contributed by atoms with Gasteiger partial charge in [-0.25, -0.2) is 0 Å². The normalized spacial score (nSPS) is 20.7. The molecule has 1 heterocycles. The molecule has 1 aliphatic carbocycles. The quantitative estimate of drug-likeness (QED) is 0.464. The van der Waals surface area contributed by atoms with Crippen molar-refractivity contribution in [3.63, 3.8) is 0 Å². The Bertz CT molecular complexity index is 966. The van der Waals surface area contributed by atoms with Crippen LogP contribution in [0.2, 0.25) is 0 Å². The zero-order chi connectivity index (χ0) is 18.8. The van der Waals surface area contributed by atoms with Crippen molar-refractivity contribution in [2.24, 2.45) is 0 Å². The maximum Gasteiger partial charge on any atom is 0.270 e. The average Bonchev–Trinajstić information content (AvgIpc) is 2.69. The fraction of sp³-hybridized carbons (Fsp3) is 0.190. The van der Waals surface area contributed by atoms with Crippen LogP contribution < -0.4 is 10.6 Å². The molecule has 136 valence electrons. The second-order valence-corrected chi connectivity index (χ2v) is 7.13. The molecular weight excluding hydrogens is 358 g/mol. The number of nitro benzene ring substituents is 1. The van der Waals surface area contributed by atoms with Crippen molar-refractivity contribution in [2.45, 2.75) is 25.3 Å². The number of allylic oxidation sites excluding steroid dienone is 1. The lowest BCUT2D eigenvalue weighted by Gasteiger charge is -2.36. The zero-order valence-corrected chi connectivity index (χ0v) is 15.5. The second kappa shape index (κ2) is 7.32. The molecule has 0 radical (unpaired) electrons. The first-order chi connectivity index (χ1) is 13.1. The van der Waals surface area contributed by atoms with Gasteiger partial charge in [0.2, 0.25) is 0 Å². The van der Waals surface area contributed by atoms with Crippen molar-refractivity contribution < 1.29 is 4.92 Å². The molecule has 0 amide bonds. The Kier molecular flexibility index (Phi) is 4.73. The van der Waals surface area contributed by atoms with E-state index in [0.29, 0.717) is 5.11 Å². The van der Waals surface area contributed by atoms with E-state index in [1.807, 2.05) is 30.3 Å². The first-order valence-corrected chi connectivity index (χ1v) is 9.33. The molecule has 0 spiro atoms. The van der Waals surface area contributed by atoms with Gasteiger partial charge in [-0.15, -0.1) is 0 Å². The Hall–Kier alpha value is -2.99. The number of nitro groups is 1. The lowest BCUT2D eigenvalue weighted by atomic mass is 9.83. The van der Waals surface area contributed by atoms with Gasteiger partial charge in [-0.05, 0) is 59.8 Å². The summed E-state index contributed by atoms with van der Waals surface area (Å²) < 4.78 is 0. The first kappa shape index (κ1) is 17.4. The fourth-order valence-corrected chi connectivity index (χ4v) is 3.97. The fourth-order valence-electron chi connectivity index (χ4n) is 3.75. The molecule has 27 heavy (non-hydrogen) atoms. The third-order valence-corrected chi connectivity index (χ3v) is 5.17. The molecule has 1 aliphatic heterocycles. The maximum atomic E-state index is 11.1. The molecule has 0 saturated carbocycles. The predicted octanol–water partition coefficient (Wildman–Crippen LogP) is 4.64. The van der Waals surface area contributed by atoms with Gasteiger partial charge in [0, 0.05) is 17.8 Å². The summed E-state index contributed by atoms with van der Waals surface area (Å²) in [6, 6.07) is 17.1. The minimum atomic E-state index is -0.364. The number of hydrogen-bond donors (Lipinski definition) is 2. The van der Waals surface area contributed by atoms with Crippen LogP contribution in [0.25, 0.3) is 6.08 Å². The topological polar surface area (TPSA) is 67.2 Å². The van der Waals surface area contributed by atoms with Crippen LogP contribution in [0.15, 0.2) is 71.4 Å². The van der Waals surface area contributed by atoms with Gasteiger partial charge >= 0.3 is 0 Å². The molecule has 0 unspecified atom stereocenters. The summed E-state index contributed by atoms with van der Waals surface area (Å²) >= 11 is 5.45. The number of nitrogens with one attached hydrogen (secondary N) is 2. The van der Waals surface area contributed by atoms with Gasteiger partial charge in [-0.2, -0.15) is 0 Å². The van der Waals surface area contributed by atoms with Crippen molar-refractivity contribution in [3.05, 3.63) is 92.7 Å². The molecule has 0 aromatic heterocycles.